The van der Waals surface area contributed by atoms with Crippen molar-refractivity contribution in [3.8, 4) is 0 Å². The zero-order valence-electron chi connectivity index (χ0n) is 8.43. The fraction of sp³-hybridized carbons (Fsp3) is 0.667. The van der Waals surface area contributed by atoms with Crippen molar-refractivity contribution in [3.05, 3.63) is 6.33 Å². The highest BCUT2D eigenvalue weighted by atomic mass is 32.1. The van der Waals surface area contributed by atoms with E-state index >= 15 is 0 Å². The van der Waals surface area contributed by atoms with Gasteiger partial charge in [-0.3, -0.25) is 4.79 Å². The first-order valence-electron chi connectivity index (χ1n) is 4.89. The predicted molar refractivity (Wildman–Crippen MR) is 56.9 cm³/mol. The first-order valence-corrected chi connectivity index (χ1v) is 5.67. The zero-order valence-corrected chi connectivity index (χ0v) is 9.25. The Kier molecular flexibility index (Phi) is 2.60. The van der Waals surface area contributed by atoms with E-state index in [0.717, 1.165) is 19.3 Å². The molecule has 15 heavy (non-hydrogen) atoms. The van der Waals surface area contributed by atoms with Crippen molar-refractivity contribution in [3.63, 3.8) is 0 Å². The molecule has 1 aliphatic rings. The number of carbonyl (C=O) groups is 1. The number of carboxylic acids is 1. The highest BCUT2D eigenvalue weighted by molar-refractivity contribution is 7.09. The second-order valence-electron chi connectivity index (χ2n) is 4.06. The van der Waals surface area contributed by atoms with Crippen molar-refractivity contribution in [2.45, 2.75) is 32.2 Å². The van der Waals surface area contributed by atoms with Crippen molar-refractivity contribution in [2.75, 3.05) is 5.32 Å². The minimum atomic E-state index is -0.734. The van der Waals surface area contributed by atoms with Crippen LogP contribution in [0.4, 0.5) is 5.13 Å². The van der Waals surface area contributed by atoms with Gasteiger partial charge in [0.2, 0.25) is 5.13 Å². The van der Waals surface area contributed by atoms with Gasteiger partial charge in [-0.25, -0.2) is 4.98 Å². The van der Waals surface area contributed by atoms with E-state index in [9.17, 15) is 9.90 Å². The Morgan fingerprint density at radius 3 is 3.20 bits per heavy atom. The van der Waals surface area contributed by atoms with Crippen LogP contribution in [0.2, 0.25) is 0 Å². The third-order valence-electron chi connectivity index (χ3n) is 3.11. The summed E-state index contributed by atoms with van der Waals surface area (Å²) in [7, 11) is 0. The maximum atomic E-state index is 11.2. The molecule has 6 heteroatoms. The fourth-order valence-corrected chi connectivity index (χ4v) is 2.52. The molecule has 2 unspecified atom stereocenters. The Morgan fingerprint density at radius 1 is 1.80 bits per heavy atom. The molecule has 1 aliphatic carbocycles. The molecule has 2 rings (SSSR count). The standard InChI is InChI=1S/C9H13N3O2S/c1-9(7(13)14)4-2-3-6(9)12-8-10-5-11-15-8/h5-6H,2-4H2,1H3,(H,13,14)(H,10,11,12). The lowest BCUT2D eigenvalue weighted by Gasteiger charge is -2.27. The van der Waals surface area contributed by atoms with Gasteiger partial charge in [0, 0.05) is 17.6 Å². The zero-order chi connectivity index (χ0) is 10.9. The van der Waals surface area contributed by atoms with Crippen LogP contribution < -0.4 is 5.32 Å². The molecule has 0 spiro atoms. The molecule has 0 aromatic carbocycles. The molecule has 1 saturated carbocycles. The van der Waals surface area contributed by atoms with E-state index in [1.54, 1.807) is 6.92 Å². The van der Waals surface area contributed by atoms with E-state index in [-0.39, 0.29) is 6.04 Å². The van der Waals surface area contributed by atoms with Crippen molar-refractivity contribution in [2.24, 2.45) is 5.41 Å². The first-order chi connectivity index (χ1) is 7.13. The average Bonchev–Trinajstić information content (AvgIpc) is 2.78. The summed E-state index contributed by atoms with van der Waals surface area (Å²) in [5.41, 5.74) is -0.675. The normalized spacial score (nSPS) is 30.3. The van der Waals surface area contributed by atoms with E-state index in [1.165, 1.54) is 17.9 Å². The topological polar surface area (TPSA) is 75.1 Å². The van der Waals surface area contributed by atoms with E-state index < -0.39 is 11.4 Å². The van der Waals surface area contributed by atoms with E-state index in [2.05, 4.69) is 14.7 Å². The molecule has 0 radical (unpaired) electrons. The molecule has 0 saturated heterocycles. The Labute approximate surface area is 91.7 Å². The molecule has 1 aromatic heterocycles. The van der Waals surface area contributed by atoms with Gasteiger partial charge < -0.3 is 10.4 Å². The van der Waals surface area contributed by atoms with E-state index in [1.807, 2.05) is 0 Å². The Morgan fingerprint density at radius 2 is 2.60 bits per heavy atom. The fourth-order valence-electron chi connectivity index (χ4n) is 2.04. The summed E-state index contributed by atoms with van der Waals surface area (Å²) in [6.45, 7) is 1.79. The summed E-state index contributed by atoms with van der Waals surface area (Å²) in [6.07, 6.45) is 4.01. The Balaban J connectivity index is 2.12. The van der Waals surface area contributed by atoms with Gasteiger partial charge in [0.25, 0.3) is 0 Å². The summed E-state index contributed by atoms with van der Waals surface area (Å²) in [4.78, 5) is 15.2. The average molecular weight is 227 g/mol. The number of hydrogen-bond donors (Lipinski definition) is 2. The van der Waals surface area contributed by atoms with Crippen molar-refractivity contribution in [1.29, 1.82) is 0 Å². The van der Waals surface area contributed by atoms with Gasteiger partial charge in [0.15, 0.2) is 0 Å². The largest absolute Gasteiger partial charge is 0.481 e. The molecular formula is C9H13N3O2S. The van der Waals surface area contributed by atoms with Crippen molar-refractivity contribution >= 4 is 22.6 Å². The van der Waals surface area contributed by atoms with Gasteiger partial charge in [-0.05, 0) is 19.8 Å². The van der Waals surface area contributed by atoms with Gasteiger partial charge in [-0.1, -0.05) is 6.42 Å². The maximum absolute atomic E-state index is 11.2. The molecule has 82 valence electrons. The predicted octanol–water partition coefficient (Wildman–Crippen LogP) is 1.59. The molecular weight excluding hydrogens is 214 g/mol. The van der Waals surface area contributed by atoms with Crippen LogP contribution in [0, 0.1) is 5.41 Å². The van der Waals surface area contributed by atoms with Crippen molar-refractivity contribution < 1.29 is 9.90 Å². The van der Waals surface area contributed by atoms with E-state index in [4.69, 9.17) is 0 Å². The minimum absolute atomic E-state index is 0.0389. The second kappa shape index (κ2) is 3.77. The molecule has 5 nitrogen and oxygen atoms in total. The van der Waals surface area contributed by atoms with Crippen LogP contribution in [0.3, 0.4) is 0 Å². The molecule has 1 heterocycles. The highest BCUT2D eigenvalue weighted by Gasteiger charge is 2.45. The van der Waals surface area contributed by atoms with Gasteiger partial charge in [-0.15, -0.1) is 0 Å². The number of carboxylic acid groups (broad SMARTS) is 1. The summed E-state index contributed by atoms with van der Waals surface area (Å²) < 4.78 is 3.88. The Hall–Kier alpha value is -1.17. The molecule has 2 N–H and O–H groups in total. The summed E-state index contributed by atoms with van der Waals surface area (Å²) in [6, 6.07) is -0.0389. The molecule has 0 bridgehead atoms. The maximum Gasteiger partial charge on any atom is 0.311 e. The number of anilines is 1. The van der Waals surface area contributed by atoms with Crippen LogP contribution in [0.1, 0.15) is 26.2 Å². The van der Waals surface area contributed by atoms with Crippen LogP contribution >= 0.6 is 11.5 Å². The number of nitrogens with one attached hydrogen (secondary N) is 1. The molecule has 1 fully saturated rings. The lowest BCUT2D eigenvalue weighted by Crippen LogP contribution is -2.40. The first kappa shape index (κ1) is 10.4. The summed E-state index contributed by atoms with van der Waals surface area (Å²) in [5, 5.41) is 13.1. The lowest BCUT2D eigenvalue weighted by atomic mass is 9.85. The molecule has 2 atom stereocenters. The number of aromatic nitrogens is 2. The monoisotopic (exact) mass is 227 g/mol. The van der Waals surface area contributed by atoms with E-state index in [0.29, 0.717) is 5.13 Å². The second-order valence-corrected chi connectivity index (χ2v) is 4.84. The lowest BCUT2D eigenvalue weighted by molar-refractivity contribution is -0.147. The van der Waals surface area contributed by atoms with Gasteiger partial charge >= 0.3 is 5.97 Å². The minimum Gasteiger partial charge on any atom is -0.481 e. The van der Waals surface area contributed by atoms with Crippen LogP contribution in [0.15, 0.2) is 6.33 Å². The quantitative estimate of drug-likeness (QED) is 0.820. The summed E-state index contributed by atoms with van der Waals surface area (Å²) in [5.74, 6) is -0.734. The van der Waals surface area contributed by atoms with Crippen LogP contribution in [0.5, 0.6) is 0 Å². The van der Waals surface area contributed by atoms with Crippen LogP contribution in [-0.4, -0.2) is 26.5 Å². The smallest absolute Gasteiger partial charge is 0.311 e. The Bertz CT molecular complexity index is 354. The van der Waals surface area contributed by atoms with Crippen molar-refractivity contribution in [1.82, 2.24) is 9.36 Å². The molecule has 1 aromatic rings. The highest BCUT2D eigenvalue weighted by Crippen LogP contribution is 2.39. The third kappa shape index (κ3) is 1.81. The van der Waals surface area contributed by atoms with Gasteiger partial charge in [-0.2, -0.15) is 4.37 Å². The SMILES string of the molecule is CC1(C(=O)O)CCCC1Nc1ncns1. The molecule has 0 aliphatic heterocycles. The van der Waals surface area contributed by atoms with Gasteiger partial charge in [0.05, 0.1) is 5.41 Å². The molecule has 0 amide bonds. The van der Waals surface area contributed by atoms with Gasteiger partial charge in [0.1, 0.15) is 6.33 Å². The van der Waals surface area contributed by atoms with Crippen LogP contribution in [0.25, 0.3) is 0 Å². The number of hydrogen-bond acceptors (Lipinski definition) is 5. The summed E-state index contributed by atoms with van der Waals surface area (Å²) >= 11 is 1.26. The number of rotatable bonds is 3. The number of nitrogens with zero attached hydrogens (tertiary/aromatic N) is 2. The van der Waals surface area contributed by atoms with Crippen LogP contribution in [-0.2, 0) is 4.79 Å². The number of aliphatic carboxylic acids is 1. The third-order valence-corrected chi connectivity index (χ3v) is 3.70.